The molecule has 1 N–H and O–H groups in total. The van der Waals surface area contributed by atoms with Crippen LogP contribution in [0.2, 0.25) is 5.02 Å². The van der Waals surface area contributed by atoms with Gasteiger partial charge in [-0.2, -0.15) is 0 Å². The van der Waals surface area contributed by atoms with Crippen LogP contribution in [-0.4, -0.2) is 60.9 Å². The maximum Gasteiger partial charge on any atom is 0.270 e. The smallest absolute Gasteiger partial charge is 0.270 e. The van der Waals surface area contributed by atoms with Crippen LogP contribution in [0.5, 0.6) is 0 Å². The number of rotatable bonds is 6. The summed E-state index contributed by atoms with van der Waals surface area (Å²) in [5, 5.41) is 14.8. The van der Waals surface area contributed by atoms with Crippen molar-refractivity contribution in [1.29, 1.82) is 0 Å². The van der Waals surface area contributed by atoms with Crippen molar-refractivity contribution < 1.29 is 18.9 Å². The number of nitrogens with one attached hydrogen (secondary N) is 1. The maximum absolute atomic E-state index is 14.1. The number of nitro benzene ring substituents is 1. The lowest BCUT2D eigenvalue weighted by Crippen LogP contribution is -2.49. The molecule has 2 fully saturated rings. The average molecular weight is 552 g/mol. The molecule has 39 heavy (non-hydrogen) atoms. The predicted molar refractivity (Wildman–Crippen MR) is 148 cm³/mol. The highest BCUT2D eigenvalue weighted by molar-refractivity contribution is 6.31. The second-order valence-electron chi connectivity index (χ2n) is 9.53. The van der Waals surface area contributed by atoms with Gasteiger partial charge in [-0.05, 0) is 49.2 Å². The Hall–Kier alpha value is -4.18. The third-order valence-corrected chi connectivity index (χ3v) is 7.34. The molecule has 0 atom stereocenters. The molecule has 9 nitrogen and oxygen atoms in total. The van der Waals surface area contributed by atoms with E-state index in [0.717, 1.165) is 25.9 Å². The van der Waals surface area contributed by atoms with Gasteiger partial charge in [0.2, 0.25) is 0 Å². The fourth-order valence-electron chi connectivity index (χ4n) is 5.08. The Morgan fingerprint density at radius 2 is 1.51 bits per heavy atom. The van der Waals surface area contributed by atoms with Crippen molar-refractivity contribution in [3.63, 3.8) is 0 Å². The molecule has 0 aromatic heterocycles. The van der Waals surface area contributed by atoms with Gasteiger partial charge in [0, 0.05) is 56.4 Å². The van der Waals surface area contributed by atoms with Gasteiger partial charge in [-0.3, -0.25) is 19.7 Å². The number of halogens is 2. The van der Waals surface area contributed by atoms with Gasteiger partial charge in [0.25, 0.3) is 17.5 Å². The van der Waals surface area contributed by atoms with Crippen LogP contribution >= 0.6 is 11.6 Å². The molecule has 2 aliphatic rings. The molecule has 0 aliphatic carbocycles. The summed E-state index contributed by atoms with van der Waals surface area (Å²) in [7, 11) is 0. The second-order valence-corrected chi connectivity index (χ2v) is 9.96. The van der Waals surface area contributed by atoms with E-state index in [1.165, 1.54) is 24.3 Å². The van der Waals surface area contributed by atoms with Crippen LogP contribution in [0, 0.1) is 15.9 Å². The highest BCUT2D eigenvalue weighted by Gasteiger charge is 2.27. The summed E-state index contributed by atoms with van der Waals surface area (Å²) in [6.45, 7) is 3.20. The van der Waals surface area contributed by atoms with E-state index in [1.54, 1.807) is 41.3 Å². The Bertz CT molecular complexity index is 1420. The van der Waals surface area contributed by atoms with E-state index in [-0.39, 0.29) is 22.7 Å². The molecule has 0 bridgehead atoms. The zero-order valence-corrected chi connectivity index (χ0v) is 21.9. The van der Waals surface area contributed by atoms with E-state index in [1.807, 2.05) is 4.90 Å². The van der Waals surface area contributed by atoms with Crippen molar-refractivity contribution in [3.05, 3.63) is 92.7 Å². The molecule has 3 aromatic rings. The molecule has 2 heterocycles. The number of non-ortho nitro benzene ring substituents is 1. The van der Waals surface area contributed by atoms with Gasteiger partial charge in [0.05, 0.1) is 33.1 Å². The van der Waals surface area contributed by atoms with Crippen molar-refractivity contribution >= 4 is 46.2 Å². The quantitative estimate of drug-likeness (QED) is 0.334. The summed E-state index contributed by atoms with van der Waals surface area (Å²) in [5.41, 5.74) is 1.91. The van der Waals surface area contributed by atoms with E-state index in [9.17, 15) is 24.1 Å². The van der Waals surface area contributed by atoms with Crippen molar-refractivity contribution in [2.24, 2.45) is 0 Å². The highest BCUT2D eigenvalue weighted by atomic mass is 35.5. The van der Waals surface area contributed by atoms with Gasteiger partial charge < -0.3 is 20.0 Å². The summed E-state index contributed by atoms with van der Waals surface area (Å²) in [4.78, 5) is 43.0. The van der Waals surface area contributed by atoms with Gasteiger partial charge >= 0.3 is 0 Å². The zero-order chi connectivity index (χ0) is 27.5. The van der Waals surface area contributed by atoms with Crippen molar-refractivity contribution in [2.75, 3.05) is 54.4 Å². The molecule has 5 rings (SSSR count). The summed E-state index contributed by atoms with van der Waals surface area (Å²) < 4.78 is 14.1. The molecule has 202 valence electrons. The molecular weight excluding hydrogens is 525 g/mol. The molecule has 2 saturated heterocycles. The van der Waals surface area contributed by atoms with Gasteiger partial charge in [-0.25, -0.2) is 4.39 Å². The lowest BCUT2D eigenvalue weighted by atomic mass is 10.1. The van der Waals surface area contributed by atoms with Crippen LogP contribution in [-0.2, 0) is 0 Å². The Kier molecular flexibility index (Phi) is 7.65. The number of nitrogens with zero attached hydrogens (tertiary/aromatic N) is 4. The first-order chi connectivity index (χ1) is 18.8. The Morgan fingerprint density at radius 1 is 0.846 bits per heavy atom. The number of amides is 2. The van der Waals surface area contributed by atoms with Crippen LogP contribution in [0.1, 0.15) is 33.6 Å². The molecule has 0 saturated carbocycles. The minimum atomic E-state index is -0.554. The Labute approximate surface area is 229 Å². The largest absolute Gasteiger partial charge is 0.371 e. The molecule has 2 amide bonds. The Balaban J connectivity index is 1.36. The number of carbonyl (C=O) groups is 2. The number of benzene rings is 3. The lowest BCUT2D eigenvalue weighted by molar-refractivity contribution is -0.384. The number of hydrogen-bond acceptors (Lipinski definition) is 6. The lowest BCUT2D eigenvalue weighted by Gasteiger charge is -2.37. The molecule has 0 spiro atoms. The number of anilines is 3. The summed E-state index contributed by atoms with van der Waals surface area (Å²) in [5.74, 6) is -1.39. The topological polar surface area (TPSA) is 99.0 Å². The van der Waals surface area contributed by atoms with Crippen LogP contribution in [0.4, 0.5) is 27.1 Å². The fourth-order valence-corrected chi connectivity index (χ4v) is 5.25. The van der Waals surface area contributed by atoms with E-state index in [0.29, 0.717) is 48.3 Å². The summed E-state index contributed by atoms with van der Waals surface area (Å²) in [6, 6.07) is 15.4. The minimum Gasteiger partial charge on any atom is -0.371 e. The molecule has 3 aromatic carbocycles. The highest BCUT2D eigenvalue weighted by Crippen LogP contribution is 2.33. The van der Waals surface area contributed by atoms with Crippen LogP contribution in [0.3, 0.4) is 0 Å². The monoisotopic (exact) mass is 551 g/mol. The van der Waals surface area contributed by atoms with Gasteiger partial charge in [-0.15, -0.1) is 0 Å². The second kappa shape index (κ2) is 11.3. The van der Waals surface area contributed by atoms with Gasteiger partial charge in [0.15, 0.2) is 0 Å². The van der Waals surface area contributed by atoms with Gasteiger partial charge in [-0.1, -0.05) is 23.7 Å². The summed E-state index contributed by atoms with van der Waals surface area (Å²) >= 11 is 6.28. The van der Waals surface area contributed by atoms with Gasteiger partial charge in [0.1, 0.15) is 5.82 Å². The molecule has 0 radical (unpaired) electrons. The molecule has 0 unspecified atom stereocenters. The molecular formula is C28H27ClFN5O4. The molecule has 11 heteroatoms. The van der Waals surface area contributed by atoms with Crippen LogP contribution < -0.4 is 15.1 Å². The first kappa shape index (κ1) is 26.4. The fraction of sp³-hybridized carbons (Fsp3) is 0.286. The predicted octanol–water partition coefficient (Wildman–Crippen LogP) is 5.20. The van der Waals surface area contributed by atoms with E-state index >= 15 is 0 Å². The Morgan fingerprint density at radius 3 is 2.21 bits per heavy atom. The number of nitro groups is 1. The van der Waals surface area contributed by atoms with E-state index in [4.69, 9.17) is 11.6 Å². The maximum atomic E-state index is 14.1. The zero-order valence-electron chi connectivity index (χ0n) is 21.1. The van der Waals surface area contributed by atoms with Crippen molar-refractivity contribution in [3.8, 4) is 0 Å². The van der Waals surface area contributed by atoms with E-state index in [2.05, 4.69) is 10.2 Å². The standard InChI is InChI=1S/C28H27ClFN5O4/c29-19-7-9-26(33-13-15-34(16-14-33)28(37)21-5-1-2-6-23(21)30)24(17-19)31-27(36)22-18-20(35(38)39)8-10-25(22)32-11-3-4-12-32/h1-2,5-10,17-18H,3-4,11-16H2,(H,31,36). The SMILES string of the molecule is O=C(Nc1cc(Cl)ccc1N1CCN(C(=O)c2ccccc2F)CC1)c1cc([N+](=O)[O-])ccc1N1CCCC1. The van der Waals surface area contributed by atoms with Crippen molar-refractivity contribution in [1.82, 2.24) is 4.90 Å². The molecule has 2 aliphatic heterocycles. The van der Waals surface area contributed by atoms with E-state index < -0.39 is 16.6 Å². The minimum absolute atomic E-state index is 0.0381. The first-order valence-corrected chi connectivity index (χ1v) is 13.1. The third kappa shape index (κ3) is 5.65. The van der Waals surface area contributed by atoms with Crippen LogP contribution in [0.15, 0.2) is 60.7 Å². The first-order valence-electron chi connectivity index (χ1n) is 12.7. The normalized spacial score (nSPS) is 15.4. The summed E-state index contributed by atoms with van der Waals surface area (Å²) in [6.07, 6.45) is 1.98. The number of piperazine rings is 1. The average Bonchev–Trinajstić information content (AvgIpc) is 3.48. The number of carbonyl (C=O) groups excluding carboxylic acids is 2. The van der Waals surface area contributed by atoms with Crippen molar-refractivity contribution in [2.45, 2.75) is 12.8 Å². The number of hydrogen-bond donors (Lipinski definition) is 1. The van der Waals surface area contributed by atoms with Crippen LogP contribution in [0.25, 0.3) is 0 Å². The third-order valence-electron chi connectivity index (χ3n) is 7.10.